The van der Waals surface area contributed by atoms with Crippen molar-refractivity contribution >= 4 is 5.96 Å². The van der Waals surface area contributed by atoms with Crippen molar-refractivity contribution in [3.05, 3.63) is 0 Å². The van der Waals surface area contributed by atoms with Crippen molar-refractivity contribution in [2.45, 2.75) is 46.5 Å². The maximum absolute atomic E-state index is 4.40. The standard InChI is InChI=1S/C19H39N5/c1-5-23-11-13-24(14-12-23)10-9-21-18(20-4)22-16-19(7-6-8-19)15-17(2)3/h17H,5-16H2,1-4H3,(H2,20,21,22). The van der Waals surface area contributed by atoms with Crippen molar-refractivity contribution in [3.63, 3.8) is 0 Å². The molecule has 0 aromatic rings. The van der Waals surface area contributed by atoms with Crippen LogP contribution in [0.3, 0.4) is 0 Å². The highest BCUT2D eigenvalue weighted by atomic mass is 15.3. The van der Waals surface area contributed by atoms with Gasteiger partial charge in [-0.3, -0.25) is 9.89 Å². The fourth-order valence-corrected chi connectivity index (χ4v) is 4.15. The Morgan fingerprint density at radius 3 is 2.25 bits per heavy atom. The Kier molecular flexibility index (Phi) is 7.82. The van der Waals surface area contributed by atoms with E-state index in [9.17, 15) is 0 Å². The molecule has 1 saturated heterocycles. The molecule has 0 atom stereocenters. The molecule has 2 N–H and O–H groups in total. The molecule has 0 amide bonds. The number of guanidine groups is 1. The van der Waals surface area contributed by atoms with Gasteiger partial charge in [0.1, 0.15) is 0 Å². The Labute approximate surface area is 149 Å². The Hall–Kier alpha value is -0.810. The van der Waals surface area contributed by atoms with Crippen LogP contribution in [0.15, 0.2) is 4.99 Å². The first-order chi connectivity index (χ1) is 11.6. The summed E-state index contributed by atoms with van der Waals surface area (Å²) in [5.41, 5.74) is 0.516. The van der Waals surface area contributed by atoms with Crippen LogP contribution in [-0.2, 0) is 0 Å². The van der Waals surface area contributed by atoms with Crippen LogP contribution in [0.25, 0.3) is 0 Å². The minimum atomic E-state index is 0.516. The van der Waals surface area contributed by atoms with Gasteiger partial charge in [0, 0.05) is 52.9 Å². The maximum atomic E-state index is 4.40. The molecule has 2 rings (SSSR count). The van der Waals surface area contributed by atoms with E-state index in [2.05, 4.69) is 46.2 Å². The van der Waals surface area contributed by atoms with Crippen LogP contribution < -0.4 is 10.6 Å². The fraction of sp³-hybridized carbons (Fsp3) is 0.947. The third kappa shape index (κ3) is 5.92. The van der Waals surface area contributed by atoms with Crippen molar-refractivity contribution in [2.75, 3.05) is 59.4 Å². The summed E-state index contributed by atoms with van der Waals surface area (Å²) in [6.07, 6.45) is 5.47. The minimum Gasteiger partial charge on any atom is -0.356 e. The molecule has 24 heavy (non-hydrogen) atoms. The molecule has 1 saturated carbocycles. The van der Waals surface area contributed by atoms with Crippen LogP contribution in [0.1, 0.15) is 46.5 Å². The molecule has 1 aliphatic carbocycles. The Balaban J connectivity index is 1.64. The number of aliphatic imine (C=N–C) groups is 1. The molecule has 0 bridgehead atoms. The molecule has 140 valence electrons. The molecular formula is C19H39N5. The second kappa shape index (κ2) is 9.62. The van der Waals surface area contributed by atoms with Gasteiger partial charge < -0.3 is 15.5 Å². The Bertz CT molecular complexity index is 381. The number of hydrogen-bond donors (Lipinski definition) is 2. The van der Waals surface area contributed by atoms with Crippen molar-refractivity contribution in [1.29, 1.82) is 0 Å². The van der Waals surface area contributed by atoms with E-state index in [-0.39, 0.29) is 0 Å². The third-order valence-electron chi connectivity index (χ3n) is 5.74. The van der Waals surface area contributed by atoms with Gasteiger partial charge >= 0.3 is 0 Å². The van der Waals surface area contributed by atoms with E-state index in [0.29, 0.717) is 5.41 Å². The van der Waals surface area contributed by atoms with E-state index in [1.807, 2.05) is 7.05 Å². The van der Waals surface area contributed by atoms with Gasteiger partial charge in [-0.2, -0.15) is 0 Å². The van der Waals surface area contributed by atoms with E-state index in [1.54, 1.807) is 0 Å². The zero-order chi connectivity index (χ0) is 17.4. The summed E-state index contributed by atoms with van der Waals surface area (Å²) in [4.78, 5) is 9.48. The second-order valence-electron chi connectivity index (χ2n) is 8.08. The Morgan fingerprint density at radius 2 is 1.75 bits per heavy atom. The lowest BCUT2D eigenvalue weighted by atomic mass is 9.64. The fourth-order valence-electron chi connectivity index (χ4n) is 4.15. The quantitative estimate of drug-likeness (QED) is 0.525. The molecule has 1 heterocycles. The number of piperazine rings is 1. The van der Waals surface area contributed by atoms with Crippen LogP contribution in [-0.4, -0.2) is 75.2 Å². The van der Waals surface area contributed by atoms with Gasteiger partial charge in [-0.15, -0.1) is 0 Å². The number of nitrogens with zero attached hydrogens (tertiary/aromatic N) is 3. The molecule has 0 aromatic carbocycles. The van der Waals surface area contributed by atoms with Crippen LogP contribution in [0.2, 0.25) is 0 Å². The molecule has 1 aliphatic heterocycles. The second-order valence-corrected chi connectivity index (χ2v) is 8.08. The maximum Gasteiger partial charge on any atom is 0.191 e. The molecule has 2 aliphatic rings. The highest BCUT2D eigenvalue weighted by Gasteiger charge is 2.37. The van der Waals surface area contributed by atoms with E-state index >= 15 is 0 Å². The molecule has 0 unspecified atom stereocenters. The zero-order valence-electron chi connectivity index (χ0n) is 16.4. The van der Waals surface area contributed by atoms with Crippen LogP contribution in [0, 0.1) is 11.3 Å². The smallest absolute Gasteiger partial charge is 0.191 e. The van der Waals surface area contributed by atoms with Gasteiger partial charge in [-0.25, -0.2) is 0 Å². The average molecular weight is 338 g/mol. The highest BCUT2D eigenvalue weighted by molar-refractivity contribution is 5.79. The molecular weight excluding hydrogens is 298 g/mol. The molecule has 0 radical (unpaired) electrons. The molecule has 5 heteroatoms. The van der Waals surface area contributed by atoms with Crippen molar-refractivity contribution in [2.24, 2.45) is 16.3 Å². The average Bonchev–Trinajstić information content (AvgIpc) is 2.55. The van der Waals surface area contributed by atoms with E-state index in [0.717, 1.165) is 31.5 Å². The number of likely N-dealkylation sites (N-methyl/N-ethyl adjacent to an activating group) is 1. The van der Waals surface area contributed by atoms with E-state index in [1.165, 1.54) is 58.4 Å². The first-order valence-corrected chi connectivity index (χ1v) is 9.96. The first kappa shape index (κ1) is 19.5. The van der Waals surface area contributed by atoms with Crippen molar-refractivity contribution in [3.8, 4) is 0 Å². The SMILES string of the molecule is CCN1CCN(CCNC(=NC)NCC2(CC(C)C)CCC2)CC1. The lowest BCUT2D eigenvalue weighted by Crippen LogP contribution is -2.50. The summed E-state index contributed by atoms with van der Waals surface area (Å²) in [5, 5.41) is 7.08. The Morgan fingerprint density at radius 1 is 1.08 bits per heavy atom. The van der Waals surface area contributed by atoms with E-state index < -0.39 is 0 Å². The van der Waals surface area contributed by atoms with Crippen LogP contribution in [0.4, 0.5) is 0 Å². The molecule has 2 fully saturated rings. The largest absolute Gasteiger partial charge is 0.356 e. The summed E-state index contributed by atoms with van der Waals surface area (Å²) >= 11 is 0. The van der Waals surface area contributed by atoms with Gasteiger partial charge in [-0.05, 0) is 37.1 Å². The number of rotatable bonds is 8. The van der Waals surface area contributed by atoms with Gasteiger partial charge in [0.2, 0.25) is 0 Å². The van der Waals surface area contributed by atoms with Gasteiger partial charge in [0.25, 0.3) is 0 Å². The predicted octanol–water partition coefficient (Wildman–Crippen LogP) is 2.01. The summed E-state index contributed by atoms with van der Waals surface area (Å²) in [6, 6.07) is 0. The van der Waals surface area contributed by atoms with Crippen LogP contribution >= 0.6 is 0 Å². The summed E-state index contributed by atoms with van der Waals surface area (Å²) in [6.45, 7) is 16.1. The topological polar surface area (TPSA) is 42.9 Å². The lowest BCUT2D eigenvalue weighted by Gasteiger charge is -2.43. The minimum absolute atomic E-state index is 0.516. The van der Waals surface area contributed by atoms with Crippen molar-refractivity contribution in [1.82, 2.24) is 20.4 Å². The summed E-state index contributed by atoms with van der Waals surface area (Å²) in [5.74, 6) is 1.75. The van der Waals surface area contributed by atoms with Crippen LogP contribution in [0.5, 0.6) is 0 Å². The lowest BCUT2D eigenvalue weighted by molar-refractivity contribution is 0.104. The normalized spacial score (nSPS) is 22.5. The third-order valence-corrected chi connectivity index (χ3v) is 5.74. The number of nitrogens with one attached hydrogen (secondary N) is 2. The highest BCUT2D eigenvalue weighted by Crippen LogP contribution is 2.45. The van der Waals surface area contributed by atoms with Gasteiger partial charge in [0.05, 0.1) is 0 Å². The van der Waals surface area contributed by atoms with Crippen molar-refractivity contribution < 1.29 is 0 Å². The number of hydrogen-bond acceptors (Lipinski definition) is 3. The first-order valence-electron chi connectivity index (χ1n) is 9.96. The monoisotopic (exact) mass is 337 g/mol. The zero-order valence-corrected chi connectivity index (χ0v) is 16.4. The predicted molar refractivity (Wildman–Crippen MR) is 104 cm³/mol. The van der Waals surface area contributed by atoms with Gasteiger partial charge in [-0.1, -0.05) is 27.2 Å². The summed E-state index contributed by atoms with van der Waals surface area (Å²) in [7, 11) is 1.88. The molecule has 0 spiro atoms. The van der Waals surface area contributed by atoms with E-state index in [4.69, 9.17) is 0 Å². The van der Waals surface area contributed by atoms with Gasteiger partial charge in [0.15, 0.2) is 5.96 Å². The summed E-state index contributed by atoms with van der Waals surface area (Å²) < 4.78 is 0. The molecule has 0 aromatic heterocycles. The molecule has 5 nitrogen and oxygen atoms in total.